The van der Waals surface area contributed by atoms with Gasteiger partial charge in [-0.25, -0.2) is 22.3 Å². The second kappa shape index (κ2) is 9.67. The first-order chi connectivity index (χ1) is 16.5. The first-order valence-corrected chi connectivity index (χ1v) is 13.9. The maximum Gasteiger partial charge on any atom is 0.241 e. The lowest BCUT2D eigenvalue weighted by Crippen LogP contribution is -2.37. The molecule has 0 saturated carbocycles. The van der Waals surface area contributed by atoms with Crippen LogP contribution in [0.1, 0.15) is 6.42 Å². The van der Waals surface area contributed by atoms with Crippen molar-refractivity contribution >= 4 is 47.8 Å². The molecule has 2 aromatic carbocycles. The van der Waals surface area contributed by atoms with E-state index in [1.807, 2.05) is 27.2 Å². The number of rotatable bonds is 9. The fourth-order valence-corrected chi connectivity index (χ4v) is 6.77. The molecule has 0 amide bonds. The Kier molecular flexibility index (Phi) is 6.99. The van der Waals surface area contributed by atoms with Crippen LogP contribution in [0.3, 0.4) is 0 Å². The number of hydrogen-bond donors (Lipinski definition) is 4. The number of sulfonamides is 1. The van der Waals surface area contributed by atoms with Gasteiger partial charge < -0.3 is 14.8 Å². The Bertz CT molecular complexity index is 1490. The predicted octanol–water partition coefficient (Wildman–Crippen LogP) is 1.68. The third kappa shape index (κ3) is 5.39. The molecule has 4 rings (SSSR count). The quantitative estimate of drug-likeness (QED) is 0.140. The van der Waals surface area contributed by atoms with Crippen molar-refractivity contribution < 1.29 is 21.7 Å². The molecule has 0 aliphatic heterocycles. The Balaban J connectivity index is 1.88. The minimum absolute atomic E-state index is 0.0281. The molecule has 35 heavy (non-hydrogen) atoms. The highest BCUT2D eigenvalue weighted by molar-refractivity contribution is 7.90. The van der Waals surface area contributed by atoms with Crippen LogP contribution in [0.2, 0.25) is 0 Å². The molecular weight excluding hydrogens is 512 g/mol. The molecule has 1 unspecified atom stereocenters. The van der Waals surface area contributed by atoms with Gasteiger partial charge in [-0.3, -0.25) is 0 Å². The van der Waals surface area contributed by atoms with Crippen molar-refractivity contribution in [2.45, 2.75) is 16.2 Å². The maximum atomic E-state index is 13.2. The molecule has 0 bridgehead atoms. The number of benzene rings is 2. The predicted molar refractivity (Wildman–Crippen MR) is 134 cm³/mol. The Labute approximate surface area is 208 Å². The zero-order valence-electron chi connectivity index (χ0n) is 19.2. The van der Waals surface area contributed by atoms with E-state index in [1.165, 1.54) is 17.4 Å². The minimum atomic E-state index is -4.13. The van der Waals surface area contributed by atoms with Gasteiger partial charge in [-0.05, 0) is 22.9 Å². The number of tetrazole rings is 1. The molecule has 1 atom stereocenters. The number of H-pyrrole nitrogens is 1. The van der Waals surface area contributed by atoms with Gasteiger partial charge in [-0.1, -0.05) is 29.5 Å². The highest BCUT2D eigenvalue weighted by Crippen LogP contribution is 2.41. The highest BCUT2D eigenvalue weighted by Gasteiger charge is 2.30. The second-order valence-corrected chi connectivity index (χ2v) is 12.5. The van der Waals surface area contributed by atoms with E-state index < -0.39 is 21.1 Å². The Morgan fingerprint density at radius 1 is 1.20 bits per heavy atom. The molecule has 0 aliphatic rings. The number of nitrogens with zero attached hydrogens (tertiary/aromatic N) is 5. The number of aromatic nitrogens is 5. The molecule has 2 heterocycles. The topological polar surface area (TPSA) is 177 Å². The van der Waals surface area contributed by atoms with Crippen molar-refractivity contribution in [3.63, 3.8) is 0 Å². The summed E-state index contributed by atoms with van der Waals surface area (Å²) >= 11 is -1.41. The lowest BCUT2D eigenvalue weighted by Gasteiger charge is -2.23. The van der Waals surface area contributed by atoms with E-state index >= 15 is 0 Å². The highest BCUT2D eigenvalue weighted by atomic mass is 32.2. The molecule has 2 aromatic heterocycles. The summed E-state index contributed by atoms with van der Waals surface area (Å²) in [6.45, 7) is 0.918. The molecule has 12 nitrogen and oxygen atoms in total. The van der Waals surface area contributed by atoms with Gasteiger partial charge in [0.25, 0.3) is 0 Å². The van der Waals surface area contributed by atoms with Gasteiger partial charge in [0.15, 0.2) is 16.2 Å². The van der Waals surface area contributed by atoms with Gasteiger partial charge in [0.2, 0.25) is 15.8 Å². The molecule has 0 saturated heterocycles. The lowest BCUT2D eigenvalue weighted by atomic mass is 9.98. The van der Waals surface area contributed by atoms with Crippen LogP contribution in [-0.4, -0.2) is 81.5 Å². The van der Waals surface area contributed by atoms with E-state index in [-0.39, 0.29) is 27.7 Å². The Hall–Kier alpha value is -2.82. The third-order valence-corrected chi connectivity index (χ3v) is 8.43. The molecule has 0 fully saturated rings. The number of fused-ring (bicyclic) bond motifs is 1. The van der Waals surface area contributed by atoms with Crippen LogP contribution < -0.4 is 10.5 Å². The average Bonchev–Trinajstić information content (AvgIpc) is 3.43. The molecule has 4 aromatic rings. The first-order valence-electron chi connectivity index (χ1n) is 10.4. The number of nitrogens with two attached hydrogens (primary N) is 1. The number of nitrogens with one attached hydrogen (secondary N) is 2. The number of hydrogen-bond acceptors (Lipinski definition) is 9. The zero-order valence-corrected chi connectivity index (χ0v) is 21.7. The summed E-state index contributed by atoms with van der Waals surface area (Å²) in [5, 5.41) is 14.2. The van der Waals surface area contributed by atoms with Crippen LogP contribution in [0.4, 0.5) is 5.13 Å². The second-order valence-electron chi connectivity index (χ2n) is 8.77. The summed E-state index contributed by atoms with van der Waals surface area (Å²) in [5.74, 6) is -0.0281. The van der Waals surface area contributed by atoms with Crippen LogP contribution in [0.15, 0.2) is 40.1 Å². The van der Waals surface area contributed by atoms with Crippen molar-refractivity contribution in [1.82, 2.24) is 30.3 Å². The van der Waals surface area contributed by atoms with E-state index in [0.29, 0.717) is 32.7 Å². The standard InChI is InChI=1S/C20H24N8O4S3/c1-28(2,3)11-5-10-22-35(31,32)15-9-8-12(13-6-4-7-14-17(13)23-20(21)33-14)16(18(15)34(29)30)19-24-26-27-25-19/h4,6-9,22H,5,10-11H2,1-3H3,(H3-,21,23,24,25,26,27,29,30)/p+1. The molecule has 0 spiro atoms. The van der Waals surface area contributed by atoms with Gasteiger partial charge >= 0.3 is 0 Å². The van der Waals surface area contributed by atoms with Gasteiger partial charge in [0.05, 0.1) is 48.4 Å². The van der Waals surface area contributed by atoms with Crippen LogP contribution >= 0.6 is 11.3 Å². The smallest absolute Gasteiger partial charge is 0.241 e. The van der Waals surface area contributed by atoms with E-state index in [4.69, 9.17) is 5.73 Å². The number of thiazole rings is 1. The SMILES string of the molecule is C[N+](C)(C)CCCNS(=O)(=O)c1ccc(-c2cccc3sc(N)nc23)c(-c2nn[nH]n2)c1S(=O)O. The average molecular weight is 538 g/mol. The van der Waals surface area contributed by atoms with Crippen LogP contribution in [0.25, 0.3) is 32.7 Å². The molecular formula is C20H25N8O4S3+. The monoisotopic (exact) mass is 537 g/mol. The minimum Gasteiger partial charge on any atom is -0.375 e. The summed E-state index contributed by atoms with van der Waals surface area (Å²) in [6.07, 6.45) is 0.587. The lowest BCUT2D eigenvalue weighted by molar-refractivity contribution is -0.870. The molecule has 5 N–H and O–H groups in total. The van der Waals surface area contributed by atoms with E-state index in [0.717, 1.165) is 11.2 Å². The van der Waals surface area contributed by atoms with Crippen molar-refractivity contribution in [1.29, 1.82) is 0 Å². The van der Waals surface area contributed by atoms with Gasteiger partial charge in [-0.15, -0.1) is 10.2 Å². The largest absolute Gasteiger partial charge is 0.375 e. The van der Waals surface area contributed by atoms with Crippen molar-refractivity contribution in [2.75, 3.05) is 40.0 Å². The van der Waals surface area contributed by atoms with Crippen LogP contribution in [-0.2, 0) is 21.1 Å². The molecule has 0 radical (unpaired) electrons. The van der Waals surface area contributed by atoms with E-state index in [2.05, 4.69) is 30.3 Å². The Morgan fingerprint density at radius 2 is 1.97 bits per heavy atom. The number of aromatic amines is 1. The number of nitrogen functional groups attached to an aromatic ring is 1. The first kappa shape index (κ1) is 25.3. The summed E-state index contributed by atoms with van der Waals surface area (Å²) in [4.78, 5) is 3.71. The summed E-state index contributed by atoms with van der Waals surface area (Å²) in [6, 6.07) is 8.27. The van der Waals surface area contributed by atoms with Crippen molar-refractivity contribution in [3.05, 3.63) is 30.3 Å². The summed E-state index contributed by atoms with van der Waals surface area (Å²) < 4.78 is 53.3. The maximum absolute atomic E-state index is 13.2. The normalized spacial score (nSPS) is 13.4. The van der Waals surface area contributed by atoms with Crippen LogP contribution in [0.5, 0.6) is 0 Å². The summed E-state index contributed by atoms with van der Waals surface area (Å²) in [5.41, 5.74) is 7.55. The third-order valence-electron chi connectivity index (χ3n) is 5.18. The number of para-hydroxylation sites is 1. The van der Waals surface area contributed by atoms with Gasteiger partial charge in [-0.2, -0.15) is 5.21 Å². The van der Waals surface area contributed by atoms with Crippen molar-refractivity contribution in [2.24, 2.45) is 0 Å². The number of anilines is 1. The van der Waals surface area contributed by atoms with Crippen molar-refractivity contribution in [3.8, 4) is 22.5 Å². The molecule has 15 heteroatoms. The summed E-state index contributed by atoms with van der Waals surface area (Å²) in [7, 11) is 1.89. The fourth-order valence-electron chi connectivity index (χ4n) is 3.68. The van der Waals surface area contributed by atoms with E-state index in [9.17, 15) is 17.2 Å². The van der Waals surface area contributed by atoms with Crippen LogP contribution in [0, 0.1) is 0 Å². The molecule has 0 aliphatic carbocycles. The van der Waals surface area contributed by atoms with Gasteiger partial charge in [0, 0.05) is 18.5 Å². The zero-order chi connectivity index (χ0) is 25.4. The number of quaternary nitrogens is 1. The van der Waals surface area contributed by atoms with E-state index in [1.54, 1.807) is 18.2 Å². The van der Waals surface area contributed by atoms with Gasteiger partial charge in [0.1, 0.15) is 4.90 Å². The fraction of sp³-hybridized carbons (Fsp3) is 0.300. The molecule has 186 valence electrons. The Morgan fingerprint density at radius 3 is 2.63 bits per heavy atom.